The van der Waals surface area contributed by atoms with Gasteiger partial charge < -0.3 is 4.90 Å². The van der Waals surface area contributed by atoms with E-state index in [9.17, 15) is 9.18 Å². The number of amides is 1. The van der Waals surface area contributed by atoms with Crippen molar-refractivity contribution in [3.8, 4) is 0 Å². The van der Waals surface area contributed by atoms with E-state index < -0.39 is 0 Å². The van der Waals surface area contributed by atoms with Gasteiger partial charge in [0.2, 0.25) is 0 Å². The summed E-state index contributed by atoms with van der Waals surface area (Å²) in [6, 6.07) is 10.0. The van der Waals surface area contributed by atoms with E-state index in [1.54, 1.807) is 17.0 Å². The molecule has 19 heavy (non-hydrogen) atoms. The maximum absolute atomic E-state index is 13.4. The fraction of sp³-hybridized carbons (Fsp3) is 0.0714. The second-order valence-electron chi connectivity index (χ2n) is 4.32. The Bertz CT molecular complexity index is 667. The van der Waals surface area contributed by atoms with E-state index >= 15 is 0 Å². The van der Waals surface area contributed by atoms with Crippen LogP contribution in [0.3, 0.4) is 0 Å². The fourth-order valence-electron chi connectivity index (χ4n) is 2.19. The van der Waals surface area contributed by atoms with Gasteiger partial charge in [0.25, 0.3) is 5.91 Å². The lowest BCUT2D eigenvalue weighted by Gasteiger charge is -2.16. The van der Waals surface area contributed by atoms with Gasteiger partial charge in [0.15, 0.2) is 0 Å². The number of carbonyl (C=O) groups excluding carboxylic acids is 1. The topological polar surface area (TPSA) is 20.3 Å². The SMILES string of the molecule is O=C1c2ccc(Br)cc2CN1c1cc(F)cc(Br)c1. The third kappa shape index (κ3) is 2.32. The van der Waals surface area contributed by atoms with Crippen LogP contribution in [0.2, 0.25) is 0 Å². The predicted molar refractivity (Wildman–Crippen MR) is 78.8 cm³/mol. The molecule has 0 fully saturated rings. The minimum Gasteiger partial charge on any atom is -0.304 e. The molecule has 0 saturated carbocycles. The van der Waals surface area contributed by atoms with E-state index in [-0.39, 0.29) is 11.7 Å². The molecule has 2 aromatic rings. The van der Waals surface area contributed by atoms with E-state index in [1.165, 1.54) is 12.1 Å². The van der Waals surface area contributed by atoms with Gasteiger partial charge in [0.1, 0.15) is 5.82 Å². The standard InChI is InChI=1S/C14H8Br2FNO/c15-9-1-2-13-8(3-9)7-18(14(13)19)12-5-10(16)4-11(17)6-12/h1-6H,7H2. The van der Waals surface area contributed by atoms with Crippen LogP contribution in [0.25, 0.3) is 0 Å². The molecule has 96 valence electrons. The van der Waals surface area contributed by atoms with Crippen LogP contribution < -0.4 is 4.90 Å². The Morgan fingerprint density at radius 3 is 2.58 bits per heavy atom. The summed E-state index contributed by atoms with van der Waals surface area (Å²) < 4.78 is 15.0. The summed E-state index contributed by atoms with van der Waals surface area (Å²) >= 11 is 6.63. The molecule has 0 radical (unpaired) electrons. The van der Waals surface area contributed by atoms with Crippen molar-refractivity contribution in [2.75, 3.05) is 4.90 Å². The number of halogens is 3. The minimum atomic E-state index is -0.366. The van der Waals surface area contributed by atoms with Crippen LogP contribution >= 0.6 is 31.9 Å². The molecule has 1 aliphatic heterocycles. The predicted octanol–water partition coefficient (Wildman–Crippen LogP) is 4.51. The lowest BCUT2D eigenvalue weighted by Crippen LogP contribution is -2.23. The summed E-state index contributed by atoms with van der Waals surface area (Å²) in [4.78, 5) is 13.9. The highest BCUT2D eigenvalue weighted by molar-refractivity contribution is 9.10. The molecule has 5 heteroatoms. The van der Waals surface area contributed by atoms with Crippen LogP contribution in [0.4, 0.5) is 10.1 Å². The van der Waals surface area contributed by atoms with E-state index in [2.05, 4.69) is 31.9 Å². The van der Waals surface area contributed by atoms with Crippen LogP contribution in [-0.2, 0) is 6.54 Å². The first kappa shape index (κ1) is 12.8. The molecule has 0 bridgehead atoms. The van der Waals surface area contributed by atoms with E-state index in [0.717, 1.165) is 10.0 Å². The lowest BCUT2D eigenvalue weighted by atomic mass is 10.1. The van der Waals surface area contributed by atoms with Gasteiger partial charge in [-0.15, -0.1) is 0 Å². The Morgan fingerprint density at radius 2 is 1.84 bits per heavy atom. The van der Waals surface area contributed by atoms with Gasteiger partial charge in [-0.3, -0.25) is 4.79 Å². The smallest absolute Gasteiger partial charge is 0.258 e. The molecule has 0 N–H and O–H groups in total. The van der Waals surface area contributed by atoms with E-state index in [1.807, 2.05) is 12.1 Å². The quantitative estimate of drug-likeness (QED) is 0.708. The Hall–Kier alpha value is -1.20. The molecule has 1 aliphatic rings. The first-order chi connectivity index (χ1) is 9.04. The third-order valence-electron chi connectivity index (χ3n) is 3.03. The number of hydrogen-bond donors (Lipinski definition) is 0. The molecule has 0 aliphatic carbocycles. The van der Waals surface area contributed by atoms with Crippen molar-refractivity contribution in [2.24, 2.45) is 0 Å². The van der Waals surface area contributed by atoms with Crippen molar-refractivity contribution >= 4 is 43.5 Å². The lowest BCUT2D eigenvalue weighted by molar-refractivity contribution is 0.0996. The molecule has 0 spiro atoms. The molecular weight excluding hydrogens is 377 g/mol. The summed E-state index contributed by atoms with van der Waals surface area (Å²) in [5.41, 5.74) is 2.17. The largest absolute Gasteiger partial charge is 0.304 e. The van der Waals surface area contributed by atoms with Gasteiger partial charge in [-0.2, -0.15) is 0 Å². The van der Waals surface area contributed by atoms with Crippen molar-refractivity contribution < 1.29 is 9.18 Å². The van der Waals surface area contributed by atoms with E-state index in [4.69, 9.17) is 0 Å². The number of nitrogens with zero attached hydrogens (tertiary/aromatic N) is 1. The molecule has 0 saturated heterocycles. The second-order valence-corrected chi connectivity index (χ2v) is 6.15. The first-order valence-electron chi connectivity index (χ1n) is 5.61. The van der Waals surface area contributed by atoms with Gasteiger partial charge in [-0.25, -0.2) is 4.39 Å². The number of rotatable bonds is 1. The zero-order valence-corrected chi connectivity index (χ0v) is 12.8. The molecular formula is C14H8Br2FNO. The average Bonchev–Trinajstić information content (AvgIpc) is 2.65. The molecule has 0 unspecified atom stereocenters. The summed E-state index contributed by atoms with van der Waals surface area (Å²) in [5.74, 6) is -0.464. The number of carbonyl (C=O) groups is 1. The van der Waals surface area contributed by atoms with Crippen molar-refractivity contribution in [2.45, 2.75) is 6.54 Å². The molecule has 2 nitrogen and oxygen atoms in total. The van der Waals surface area contributed by atoms with Crippen molar-refractivity contribution in [3.63, 3.8) is 0 Å². The van der Waals surface area contributed by atoms with Gasteiger partial charge in [0, 0.05) is 20.2 Å². The summed E-state index contributed by atoms with van der Waals surface area (Å²) in [7, 11) is 0. The first-order valence-corrected chi connectivity index (χ1v) is 7.19. The second kappa shape index (κ2) is 4.72. The molecule has 3 rings (SSSR count). The van der Waals surface area contributed by atoms with Crippen LogP contribution in [0, 0.1) is 5.82 Å². The molecule has 2 aromatic carbocycles. The Balaban J connectivity index is 2.03. The van der Waals surface area contributed by atoms with Gasteiger partial charge in [-0.05, 0) is 42.0 Å². The normalized spacial score (nSPS) is 13.8. The monoisotopic (exact) mass is 383 g/mol. The van der Waals surface area contributed by atoms with Crippen LogP contribution in [0.1, 0.15) is 15.9 Å². The number of benzene rings is 2. The zero-order chi connectivity index (χ0) is 13.6. The summed E-state index contributed by atoms with van der Waals surface area (Å²) in [6.07, 6.45) is 0. The number of fused-ring (bicyclic) bond motifs is 1. The summed E-state index contributed by atoms with van der Waals surface area (Å²) in [5, 5.41) is 0. The molecule has 0 aromatic heterocycles. The molecule has 1 heterocycles. The number of hydrogen-bond acceptors (Lipinski definition) is 1. The zero-order valence-electron chi connectivity index (χ0n) is 9.66. The summed E-state index contributed by atoms with van der Waals surface area (Å²) in [6.45, 7) is 0.462. The maximum Gasteiger partial charge on any atom is 0.258 e. The molecule has 1 amide bonds. The van der Waals surface area contributed by atoms with Gasteiger partial charge >= 0.3 is 0 Å². The van der Waals surface area contributed by atoms with Crippen molar-refractivity contribution in [1.82, 2.24) is 0 Å². The number of anilines is 1. The highest BCUT2D eigenvalue weighted by Gasteiger charge is 2.28. The minimum absolute atomic E-state index is 0.0972. The average molecular weight is 385 g/mol. The van der Waals surface area contributed by atoms with Crippen LogP contribution in [0.5, 0.6) is 0 Å². The maximum atomic E-state index is 13.4. The fourth-order valence-corrected chi connectivity index (χ4v) is 3.05. The van der Waals surface area contributed by atoms with Crippen molar-refractivity contribution in [3.05, 3.63) is 62.3 Å². The Kier molecular flexibility index (Phi) is 3.19. The van der Waals surface area contributed by atoms with Gasteiger partial charge in [-0.1, -0.05) is 31.9 Å². The van der Waals surface area contributed by atoms with Crippen LogP contribution in [0.15, 0.2) is 45.3 Å². The van der Waals surface area contributed by atoms with Gasteiger partial charge in [0.05, 0.1) is 6.54 Å². The van der Waals surface area contributed by atoms with E-state index in [0.29, 0.717) is 22.3 Å². The van der Waals surface area contributed by atoms with Crippen LogP contribution in [-0.4, -0.2) is 5.91 Å². The third-order valence-corrected chi connectivity index (χ3v) is 3.98. The highest BCUT2D eigenvalue weighted by atomic mass is 79.9. The Labute approximate surface area is 126 Å². The highest BCUT2D eigenvalue weighted by Crippen LogP contribution is 2.31. The van der Waals surface area contributed by atoms with Crippen molar-refractivity contribution in [1.29, 1.82) is 0 Å². The molecule has 0 atom stereocenters. The Morgan fingerprint density at radius 1 is 1.05 bits per heavy atom.